The van der Waals surface area contributed by atoms with Crippen molar-refractivity contribution in [3.63, 3.8) is 0 Å². The predicted molar refractivity (Wildman–Crippen MR) is 83.1 cm³/mol. The van der Waals surface area contributed by atoms with E-state index in [4.69, 9.17) is 0 Å². The molecule has 1 aromatic rings. The zero-order chi connectivity index (χ0) is 14.3. The van der Waals surface area contributed by atoms with E-state index in [1.165, 1.54) is 0 Å². The van der Waals surface area contributed by atoms with Gasteiger partial charge in [0, 0.05) is 23.5 Å². The number of halogens is 1. The minimum Gasteiger partial charge on any atom is -0.349 e. The highest BCUT2D eigenvalue weighted by Gasteiger charge is 2.12. The van der Waals surface area contributed by atoms with E-state index in [2.05, 4.69) is 47.3 Å². The van der Waals surface area contributed by atoms with Gasteiger partial charge in [-0.2, -0.15) is 0 Å². The van der Waals surface area contributed by atoms with Gasteiger partial charge in [0.1, 0.15) is 0 Å². The van der Waals surface area contributed by atoms with Crippen molar-refractivity contribution in [2.75, 3.05) is 6.54 Å². The first-order chi connectivity index (χ1) is 9.02. The standard InChI is InChI=1S/C15H23BrN2O/c1-4-14(12-5-7-13(16)8-6-12)18-15(19)9-10-17-11(2)3/h5-8,11,14,17H,4,9-10H2,1-3H3,(H,18,19). The molecule has 0 spiro atoms. The van der Waals surface area contributed by atoms with Crippen LogP contribution in [0.25, 0.3) is 0 Å². The minimum absolute atomic E-state index is 0.0969. The number of hydrogen-bond donors (Lipinski definition) is 2. The SMILES string of the molecule is CCC(NC(=O)CCNC(C)C)c1ccc(Br)cc1. The van der Waals surface area contributed by atoms with Crippen LogP contribution in [-0.4, -0.2) is 18.5 Å². The number of amides is 1. The molecule has 1 aromatic carbocycles. The van der Waals surface area contributed by atoms with Crippen molar-refractivity contribution in [3.05, 3.63) is 34.3 Å². The number of benzene rings is 1. The summed E-state index contributed by atoms with van der Waals surface area (Å²) in [5, 5.41) is 6.33. The molecule has 1 amide bonds. The zero-order valence-corrected chi connectivity index (χ0v) is 13.5. The molecule has 0 saturated carbocycles. The molecule has 0 aliphatic carbocycles. The molecule has 106 valence electrons. The number of rotatable bonds is 7. The van der Waals surface area contributed by atoms with Crippen LogP contribution in [0.15, 0.2) is 28.7 Å². The van der Waals surface area contributed by atoms with Crippen molar-refractivity contribution in [2.24, 2.45) is 0 Å². The summed E-state index contributed by atoms with van der Waals surface area (Å²) in [6.07, 6.45) is 1.41. The van der Waals surface area contributed by atoms with Crippen LogP contribution in [0.4, 0.5) is 0 Å². The van der Waals surface area contributed by atoms with Crippen molar-refractivity contribution in [1.29, 1.82) is 0 Å². The van der Waals surface area contributed by atoms with E-state index in [1.54, 1.807) is 0 Å². The second-order valence-electron chi connectivity index (χ2n) is 4.94. The van der Waals surface area contributed by atoms with E-state index in [0.717, 1.165) is 23.0 Å². The lowest BCUT2D eigenvalue weighted by Crippen LogP contribution is -2.32. The van der Waals surface area contributed by atoms with Gasteiger partial charge in [0.15, 0.2) is 0 Å². The van der Waals surface area contributed by atoms with E-state index in [0.29, 0.717) is 12.5 Å². The third-order valence-electron chi connectivity index (χ3n) is 2.92. The van der Waals surface area contributed by atoms with Crippen LogP contribution in [0.1, 0.15) is 45.2 Å². The highest BCUT2D eigenvalue weighted by Crippen LogP contribution is 2.19. The zero-order valence-electron chi connectivity index (χ0n) is 11.9. The summed E-state index contributed by atoms with van der Waals surface area (Å²) < 4.78 is 1.05. The minimum atomic E-state index is 0.0969. The molecule has 0 aromatic heterocycles. The monoisotopic (exact) mass is 326 g/mol. The summed E-state index contributed by atoms with van der Waals surface area (Å²) in [4.78, 5) is 11.9. The molecular formula is C15H23BrN2O. The van der Waals surface area contributed by atoms with Gasteiger partial charge in [0.25, 0.3) is 0 Å². The summed E-state index contributed by atoms with van der Waals surface area (Å²) in [6, 6.07) is 8.62. The summed E-state index contributed by atoms with van der Waals surface area (Å²) in [5.74, 6) is 0.0999. The van der Waals surface area contributed by atoms with Crippen molar-refractivity contribution in [3.8, 4) is 0 Å². The molecule has 1 atom stereocenters. The number of carbonyl (C=O) groups is 1. The molecule has 0 radical (unpaired) electrons. The molecule has 19 heavy (non-hydrogen) atoms. The summed E-state index contributed by atoms with van der Waals surface area (Å²) in [7, 11) is 0. The van der Waals surface area contributed by atoms with E-state index in [9.17, 15) is 4.79 Å². The van der Waals surface area contributed by atoms with Gasteiger partial charge in [-0.25, -0.2) is 0 Å². The van der Waals surface area contributed by atoms with Gasteiger partial charge < -0.3 is 10.6 Å². The molecule has 0 bridgehead atoms. The molecule has 1 unspecified atom stereocenters. The molecule has 0 fully saturated rings. The first-order valence-corrected chi connectivity index (χ1v) is 7.60. The van der Waals surface area contributed by atoms with Crippen LogP contribution < -0.4 is 10.6 Å². The fourth-order valence-electron chi connectivity index (χ4n) is 1.86. The second kappa shape index (κ2) is 8.33. The van der Waals surface area contributed by atoms with E-state index < -0.39 is 0 Å². The number of carbonyl (C=O) groups excluding carboxylic acids is 1. The molecular weight excluding hydrogens is 304 g/mol. The van der Waals surface area contributed by atoms with Crippen LogP contribution in [0.2, 0.25) is 0 Å². The highest BCUT2D eigenvalue weighted by atomic mass is 79.9. The fraction of sp³-hybridized carbons (Fsp3) is 0.533. The second-order valence-corrected chi connectivity index (χ2v) is 5.85. The molecule has 0 saturated heterocycles. The summed E-state index contributed by atoms with van der Waals surface area (Å²) in [5.41, 5.74) is 1.15. The van der Waals surface area contributed by atoms with E-state index in [-0.39, 0.29) is 11.9 Å². The third kappa shape index (κ3) is 6.21. The van der Waals surface area contributed by atoms with Crippen LogP contribution in [0.3, 0.4) is 0 Å². The normalized spacial score (nSPS) is 12.5. The molecule has 1 rings (SSSR count). The Morgan fingerprint density at radius 1 is 1.26 bits per heavy atom. The molecule has 2 N–H and O–H groups in total. The van der Waals surface area contributed by atoms with Gasteiger partial charge in [-0.3, -0.25) is 4.79 Å². The maximum Gasteiger partial charge on any atom is 0.221 e. The Labute approximate surface area is 124 Å². The highest BCUT2D eigenvalue weighted by molar-refractivity contribution is 9.10. The van der Waals surface area contributed by atoms with Gasteiger partial charge in [0.05, 0.1) is 6.04 Å². The quantitative estimate of drug-likeness (QED) is 0.806. The summed E-state index contributed by atoms with van der Waals surface area (Å²) in [6.45, 7) is 6.96. The lowest BCUT2D eigenvalue weighted by molar-refractivity contribution is -0.121. The largest absolute Gasteiger partial charge is 0.349 e. The smallest absolute Gasteiger partial charge is 0.221 e. The lowest BCUT2D eigenvalue weighted by Gasteiger charge is -2.18. The molecule has 4 heteroatoms. The number of nitrogens with one attached hydrogen (secondary N) is 2. The van der Waals surface area contributed by atoms with Crippen LogP contribution in [-0.2, 0) is 4.79 Å². The topological polar surface area (TPSA) is 41.1 Å². The first kappa shape index (κ1) is 16.2. The Morgan fingerprint density at radius 2 is 1.89 bits per heavy atom. The van der Waals surface area contributed by atoms with Gasteiger partial charge >= 0.3 is 0 Å². The van der Waals surface area contributed by atoms with Gasteiger partial charge in [-0.15, -0.1) is 0 Å². The third-order valence-corrected chi connectivity index (χ3v) is 3.45. The average molecular weight is 327 g/mol. The van der Waals surface area contributed by atoms with Crippen molar-refractivity contribution in [2.45, 2.75) is 45.7 Å². The van der Waals surface area contributed by atoms with Gasteiger partial charge in [0.2, 0.25) is 5.91 Å². The van der Waals surface area contributed by atoms with Crippen LogP contribution in [0, 0.1) is 0 Å². The lowest BCUT2D eigenvalue weighted by atomic mass is 10.0. The van der Waals surface area contributed by atoms with Crippen LogP contribution >= 0.6 is 15.9 Å². The van der Waals surface area contributed by atoms with Crippen molar-refractivity contribution >= 4 is 21.8 Å². The maximum atomic E-state index is 11.9. The Kier molecular flexibility index (Phi) is 7.10. The summed E-state index contributed by atoms with van der Waals surface area (Å²) >= 11 is 3.42. The van der Waals surface area contributed by atoms with Gasteiger partial charge in [-0.05, 0) is 24.1 Å². The van der Waals surface area contributed by atoms with Gasteiger partial charge in [-0.1, -0.05) is 48.8 Å². The molecule has 0 heterocycles. The Balaban J connectivity index is 2.47. The van der Waals surface area contributed by atoms with Crippen molar-refractivity contribution < 1.29 is 4.79 Å². The molecule has 0 aliphatic rings. The predicted octanol–water partition coefficient (Wildman–Crippen LogP) is 3.40. The van der Waals surface area contributed by atoms with Crippen LogP contribution in [0.5, 0.6) is 0 Å². The Bertz CT molecular complexity index is 390. The van der Waals surface area contributed by atoms with E-state index >= 15 is 0 Å². The molecule has 0 aliphatic heterocycles. The van der Waals surface area contributed by atoms with E-state index in [1.807, 2.05) is 24.3 Å². The van der Waals surface area contributed by atoms with Crippen molar-refractivity contribution in [1.82, 2.24) is 10.6 Å². The first-order valence-electron chi connectivity index (χ1n) is 6.81. The Hall–Kier alpha value is -0.870. The molecule has 3 nitrogen and oxygen atoms in total. The number of hydrogen-bond acceptors (Lipinski definition) is 2. The Morgan fingerprint density at radius 3 is 2.42 bits per heavy atom. The maximum absolute atomic E-state index is 11.9. The average Bonchev–Trinajstić information content (AvgIpc) is 2.36. The fourth-order valence-corrected chi connectivity index (χ4v) is 2.12.